The third kappa shape index (κ3) is 3.72. The average Bonchev–Trinajstić information content (AvgIpc) is 3.52. The zero-order valence-corrected chi connectivity index (χ0v) is 16.9. The average molecular weight is 428 g/mol. The van der Waals surface area contributed by atoms with Gasteiger partial charge in [0.25, 0.3) is 5.56 Å². The Bertz CT molecular complexity index is 1190. The summed E-state index contributed by atoms with van der Waals surface area (Å²) in [6.07, 6.45) is 9.70. The van der Waals surface area contributed by atoms with Gasteiger partial charge in [0.15, 0.2) is 5.75 Å². The van der Waals surface area contributed by atoms with Crippen LogP contribution in [0.25, 0.3) is 10.9 Å². The maximum atomic E-state index is 12.5. The van der Waals surface area contributed by atoms with Crippen LogP contribution in [-0.4, -0.2) is 57.4 Å². The number of amides is 1. The first-order valence-electron chi connectivity index (χ1n) is 9.84. The molecule has 2 atom stereocenters. The molecule has 0 spiro atoms. The van der Waals surface area contributed by atoms with Crippen molar-refractivity contribution in [2.45, 2.75) is 37.0 Å². The highest BCUT2D eigenvalue weighted by molar-refractivity contribution is 8.00. The first-order valence-corrected chi connectivity index (χ1v) is 11.1. The van der Waals surface area contributed by atoms with Gasteiger partial charge in [0, 0.05) is 24.5 Å². The van der Waals surface area contributed by atoms with Gasteiger partial charge in [-0.1, -0.05) is 0 Å². The summed E-state index contributed by atoms with van der Waals surface area (Å²) in [6.45, 7) is 1.09. The van der Waals surface area contributed by atoms with Crippen molar-refractivity contribution in [1.82, 2.24) is 29.6 Å². The summed E-state index contributed by atoms with van der Waals surface area (Å²) < 4.78 is 19.6. The quantitative estimate of drug-likeness (QED) is 0.674. The molecular weight excluding hydrogens is 408 g/mol. The monoisotopic (exact) mass is 428 g/mol. The Balaban J connectivity index is 1.30. The van der Waals surface area contributed by atoms with Crippen molar-refractivity contribution in [3.8, 4) is 11.8 Å². The molecular formula is C19H20N6O4S. The Hall–Kier alpha value is -3.08. The molecule has 1 aliphatic carbocycles. The Labute approximate surface area is 173 Å². The van der Waals surface area contributed by atoms with Crippen molar-refractivity contribution >= 4 is 26.9 Å². The summed E-state index contributed by atoms with van der Waals surface area (Å²) in [7, 11) is -1.42. The van der Waals surface area contributed by atoms with Gasteiger partial charge in [0.05, 0.1) is 35.5 Å². The summed E-state index contributed by atoms with van der Waals surface area (Å²) in [5.41, 5.74) is 0.128. The summed E-state index contributed by atoms with van der Waals surface area (Å²) in [6, 6.07) is 1.62. The molecule has 0 bridgehead atoms. The third-order valence-electron chi connectivity index (χ3n) is 5.31. The number of aromatic amines is 1. The summed E-state index contributed by atoms with van der Waals surface area (Å²) in [5, 5.41) is 4.56. The molecule has 1 unspecified atom stereocenters. The number of hydrogen-bond acceptors (Lipinski definition) is 7. The molecule has 11 heteroatoms. The van der Waals surface area contributed by atoms with Crippen molar-refractivity contribution in [3.05, 3.63) is 41.2 Å². The van der Waals surface area contributed by atoms with Gasteiger partial charge >= 0.3 is 11.2 Å². The number of nitrogens with zero attached hydrogens (tertiary/aromatic N) is 5. The van der Waals surface area contributed by atoms with Gasteiger partial charge in [-0.15, -0.1) is 0 Å². The second-order valence-corrected chi connectivity index (χ2v) is 9.14. The van der Waals surface area contributed by atoms with Gasteiger partial charge in [0.2, 0.25) is 0 Å². The molecule has 1 saturated heterocycles. The van der Waals surface area contributed by atoms with E-state index in [2.05, 4.69) is 20.1 Å². The van der Waals surface area contributed by atoms with E-state index in [0.29, 0.717) is 29.7 Å². The lowest BCUT2D eigenvalue weighted by Crippen LogP contribution is -2.42. The topological polar surface area (TPSA) is 123 Å². The predicted octanol–water partition coefficient (Wildman–Crippen LogP) is 1.97. The van der Waals surface area contributed by atoms with Crippen molar-refractivity contribution in [2.24, 2.45) is 0 Å². The number of rotatable bonds is 4. The fourth-order valence-corrected chi connectivity index (χ4v) is 4.86. The van der Waals surface area contributed by atoms with Gasteiger partial charge < -0.3 is 9.64 Å². The molecule has 2 aliphatic rings. The molecule has 1 aliphatic heterocycles. The van der Waals surface area contributed by atoms with Crippen LogP contribution in [0.1, 0.15) is 31.7 Å². The molecule has 1 saturated carbocycles. The number of likely N-dealkylation sites (tertiary alicyclic amines) is 1. The Kier molecular flexibility index (Phi) is 4.81. The molecule has 30 heavy (non-hydrogen) atoms. The Morgan fingerprint density at radius 3 is 2.97 bits per heavy atom. The van der Waals surface area contributed by atoms with Crippen LogP contribution in [0.4, 0.5) is 4.79 Å². The SMILES string of the molecule is O=C(N1CCC[C@@H](n2cc(Oc3nc4cnccc4c(=O)[nH]3)cn2)C1)S(=O)C1CC1. The molecule has 1 N–H and O–H groups in total. The fraction of sp³-hybridized carbons (Fsp3) is 0.421. The predicted molar refractivity (Wildman–Crippen MR) is 109 cm³/mol. The highest BCUT2D eigenvalue weighted by Gasteiger charge is 2.37. The first-order chi connectivity index (χ1) is 14.6. The normalized spacial score (nSPS) is 20.3. The summed E-state index contributed by atoms with van der Waals surface area (Å²) >= 11 is 0. The molecule has 3 aromatic heterocycles. The first kappa shape index (κ1) is 18.9. The highest BCUT2D eigenvalue weighted by atomic mass is 32.2. The molecule has 2 fully saturated rings. The molecule has 4 heterocycles. The van der Waals surface area contributed by atoms with E-state index >= 15 is 0 Å². The molecule has 3 aromatic rings. The van der Waals surface area contributed by atoms with Crippen LogP contribution in [0.3, 0.4) is 0 Å². The standard InChI is InChI=1S/C19H20N6O4S/c26-17-15-5-6-20-9-16(15)22-18(23-17)29-13-8-21-25(11-13)12-2-1-7-24(10-12)19(27)30(28)14-3-4-14/h5-6,8-9,11-12,14H,1-4,7,10H2,(H,22,23,26)/t12-,30?/m1/s1. The van der Waals surface area contributed by atoms with E-state index in [9.17, 15) is 13.8 Å². The van der Waals surface area contributed by atoms with Gasteiger partial charge in [-0.05, 0) is 31.7 Å². The summed E-state index contributed by atoms with van der Waals surface area (Å²) in [4.78, 5) is 37.1. The second-order valence-electron chi connectivity index (χ2n) is 7.53. The van der Waals surface area contributed by atoms with Gasteiger partial charge in [0.1, 0.15) is 10.8 Å². The minimum absolute atomic E-state index is 0.0240. The van der Waals surface area contributed by atoms with Gasteiger partial charge in [-0.25, -0.2) is 4.21 Å². The largest absolute Gasteiger partial charge is 0.422 e. The maximum absolute atomic E-state index is 12.5. The van der Waals surface area contributed by atoms with Crippen LogP contribution in [-0.2, 0) is 10.8 Å². The molecule has 156 valence electrons. The number of pyridine rings is 1. The van der Waals surface area contributed by atoms with Crippen LogP contribution >= 0.6 is 0 Å². The highest BCUT2D eigenvalue weighted by Crippen LogP contribution is 2.30. The van der Waals surface area contributed by atoms with Crippen LogP contribution in [0.15, 0.2) is 35.6 Å². The number of piperidine rings is 1. The number of carbonyl (C=O) groups excluding carboxylic acids is 1. The number of carbonyl (C=O) groups is 1. The molecule has 1 amide bonds. The number of H-pyrrole nitrogens is 1. The molecule has 5 rings (SSSR count). The smallest absolute Gasteiger partial charge is 0.312 e. The van der Waals surface area contributed by atoms with E-state index in [1.165, 1.54) is 18.6 Å². The van der Waals surface area contributed by atoms with Gasteiger partial charge in [-0.2, -0.15) is 10.1 Å². The Morgan fingerprint density at radius 1 is 1.27 bits per heavy atom. The van der Waals surface area contributed by atoms with E-state index in [0.717, 1.165) is 25.7 Å². The van der Waals surface area contributed by atoms with E-state index in [4.69, 9.17) is 4.74 Å². The molecule has 0 radical (unpaired) electrons. The number of fused-ring (bicyclic) bond motifs is 1. The van der Waals surface area contributed by atoms with Crippen LogP contribution in [0.2, 0.25) is 0 Å². The Morgan fingerprint density at radius 2 is 2.13 bits per heavy atom. The minimum atomic E-state index is -1.42. The van der Waals surface area contributed by atoms with Crippen LogP contribution in [0, 0.1) is 0 Å². The zero-order chi connectivity index (χ0) is 20.7. The van der Waals surface area contributed by atoms with Crippen molar-refractivity contribution in [3.63, 3.8) is 0 Å². The molecule has 10 nitrogen and oxygen atoms in total. The van der Waals surface area contributed by atoms with Crippen LogP contribution in [0.5, 0.6) is 11.8 Å². The third-order valence-corrected chi connectivity index (χ3v) is 6.99. The second kappa shape index (κ2) is 7.63. The fourth-order valence-electron chi connectivity index (χ4n) is 3.59. The van der Waals surface area contributed by atoms with E-state index in [1.54, 1.807) is 21.8 Å². The van der Waals surface area contributed by atoms with Crippen molar-refractivity contribution < 1.29 is 13.7 Å². The van der Waals surface area contributed by atoms with E-state index in [-0.39, 0.29) is 28.1 Å². The van der Waals surface area contributed by atoms with Crippen molar-refractivity contribution in [2.75, 3.05) is 13.1 Å². The lowest BCUT2D eigenvalue weighted by molar-refractivity contribution is 0.183. The number of aromatic nitrogens is 5. The minimum Gasteiger partial charge on any atom is -0.422 e. The number of nitrogens with one attached hydrogen (secondary N) is 1. The van der Waals surface area contributed by atoms with Crippen molar-refractivity contribution in [1.29, 1.82) is 0 Å². The number of hydrogen-bond donors (Lipinski definition) is 1. The zero-order valence-electron chi connectivity index (χ0n) is 16.1. The molecule has 0 aromatic carbocycles. The van der Waals surface area contributed by atoms with Crippen LogP contribution < -0.4 is 10.3 Å². The van der Waals surface area contributed by atoms with E-state index < -0.39 is 10.8 Å². The van der Waals surface area contributed by atoms with Gasteiger partial charge in [-0.3, -0.25) is 24.2 Å². The van der Waals surface area contributed by atoms with E-state index in [1.807, 2.05) is 0 Å². The lowest BCUT2D eigenvalue weighted by atomic mass is 10.1. The maximum Gasteiger partial charge on any atom is 0.312 e. The lowest BCUT2D eigenvalue weighted by Gasteiger charge is -2.32. The number of ether oxygens (including phenoxy) is 1. The summed E-state index contributed by atoms with van der Waals surface area (Å²) in [5.74, 6) is 0.423.